The van der Waals surface area contributed by atoms with Crippen LogP contribution in [0.25, 0.3) is 0 Å². The highest BCUT2D eigenvalue weighted by atomic mass is 19.3. The van der Waals surface area contributed by atoms with Crippen molar-refractivity contribution in [2.45, 2.75) is 19.8 Å². The summed E-state index contributed by atoms with van der Waals surface area (Å²) >= 11 is 0. The van der Waals surface area contributed by atoms with Gasteiger partial charge in [-0.15, -0.1) is 0 Å². The third kappa shape index (κ3) is 4.02. The van der Waals surface area contributed by atoms with Crippen LogP contribution in [-0.4, -0.2) is 45.2 Å². The SMILES string of the molecule is CC1(C(=O)NCCOCC(F)F)CCNC1. The van der Waals surface area contributed by atoms with Crippen LogP contribution >= 0.6 is 0 Å². The van der Waals surface area contributed by atoms with Gasteiger partial charge in [-0.1, -0.05) is 0 Å². The summed E-state index contributed by atoms with van der Waals surface area (Å²) in [6.07, 6.45) is -1.65. The number of hydrogen-bond acceptors (Lipinski definition) is 3. The van der Waals surface area contributed by atoms with E-state index in [-0.39, 0.29) is 24.5 Å². The molecule has 16 heavy (non-hydrogen) atoms. The highest BCUT2D eigenvalue weighted by molar-refractivity contribution is 5.82. The van der Waals surface area contributed by atoms with Crippen LogP contribution < -0.4 is 10.6 Å². The number of alkyl halides is 2. The van der Waals surface area contributed by atoms with Crippen molar-refractivity contribution in [1.82, 2.24) is 10.6 Å². The Balaban J connectivity index is 2.10. The summed E-state index contributed by atoms with van der Waals surface area (Å²) in [5, 5.41) is 5.81. The fourth-order valence-corrected chi connectivity index (χ4v) is 1.63. The molecule has 1 atom stereocenters. The zero-order chi connectivity index (χ0) is 12.0. The highest BCUT2D eigenvalue weighted by Gasteiger charge is 2.35. The zero-order valence-corrected chi connectivity index (χ0v) is 9.39. The summed E-state index contributed by atoms with van der Waals surface area (Å²) in [7, 11) is 0. The van der Waals surface area contributed by atoms with Gasteiger partial charge in [0.1, 0.15) is 6.61 Å². The van der Waals surface area contributed by atoms with Gasteiger partial charge < -0.3 is 15.4 Å². The molecular formula is C10H18F2N2O2. The molecule has 0 aromatic carbocycles. The first-order chi connectivity index (χ1) is 7.54. The Morgan fingerprint density at radius 1 is 1.62 bits per heavy atom. The molecule has 0 saturated carbocycles. The number of hydrogen-bond donors (Lipinski definition) is 2. The standard InChI is InChI=1S/C10H18F2N2O2/c1-10(2-3-13-7-10)9(15)14-4-5-16-6-8(11)12/h8,13H,2-7H2,1H3,(H,14,15). The minimum absolute atomic E-state index is 0.0434. The van der Waals surface area contributed by atoms with Gasteiger partial charge in [0.05, 0.1) is 12.0 Å². The summed E-state index contributed by atoms with van der Waals surface area (Å²) in [5.41, 5.74) is -0.372. The first kappa shape index (κ1) is 13.3. The smallest absolute Gasteiger partial charge is 0.261 e. The second kappa shape index (κ2) is 6.10. The molecule has 1 amide bonds. The van der Waals surface area contributed by atoms with Crippen LogP contribution in [0.5, 0.6) is 0 Å². The van der Waals surface area contributed by atoms with Crippen LogP contribution in [0.2, 0.25) is 0 Å². The van der Waals surface area contributed by atoms with Crippen molar-refractivity contribution >= 4 is 5.91 Å². The van der Waals surface area contributed by atoms with E-state index in [0.29, 0.717) is 6.54 Å². The summed E-state index contributed by atoms with van der Waals surface area (Å²) in [5.74, 6) is -0.0434. The maximum atomic E-state index is 11.7. The molecule has 0 spiro atoms. The normalized spacial score (nSPS) is 25.0. The van der Waals surface area contributed by atoms with Crippen LogP contribution in [0.4, 0.5) is 8.78 Å². The fraction of sp³-hybridized carbons (Fsp3) is 0.900. The minimum Gasteiger partial charge on any atom is -0.374 e. The Bertz CT molecular complexity index is 231. The van der Waals surface area contributed by atoms with Gasteiger partial charge >= 0.3 is 0 Å². The van der Waals surface area contributed by atoms with Crippen molar-refractivity contribution in [2.24, 2.45) is 5.41 Å². The highest BCUT2D eigenvalue weighted by Crippen LogP contribution is 2.24. The molecule has 1 rings (SSSR count). The van der Waals surface area contributed by atoms with Crippen LogP contribution in [0.3, 0.4) is 0 Å². The van der Waals surface area contributed by atoms with Gasteiger partial charge in [-0.2, -0.15) is 0 Å². The lowest BCUT2D eigenvalue weighted by Gasteiger charge is -2.21. The average molecular weight is 236 g/mol. The number of nitrogens with one attached hydrogen (secondary N) is 2. The van der Waals surface area contributed by atoms with E-state index in [9.17, 15) is 13.6 Å². The molecule has 1 saturated heterocycles. The van der Waals surface area contributed by atoms with Crippen molar-refractivity contribution in [2.75, 3.05) is 32.8 Å². The van der Waals surface area contributed by atoms with Gasteiger partial charge in [-0.3, -0.25) is 4.79 Å². The molecule has 4 nitrogen and oxygen atoms in total. The summed E-state index contributed by atoms with van der Waals surface area (Å²) in [6.45, 7) is 3.22. The van der Waals surface area contributed by atoms with Crippen molar-refractivity contribution in [3.63, 3.8) is 0 Å². The van der Waals surface area contributed by atoms with Crippen molar-refractivity contribution in [3.05, 3.63) is 0 Å². The number of carbonyl (C=O) groups excluding carboxylic acids is 1. The Labute approximate surface area is 93.7 Å². The molecule has 1 heterocycles. The number of ether oxygens (including phenoxy) is 1. The summed E-state index contributed by atoms with van der Waals surface area (Å²) in [4.78, 5) is 11.7. The van der Waals surface area contributed by atoms with Crippen LogP contribution in [0.15, 0.2) is 0 Å². The largest absolute Gasteiger partial charge is 0.374 e. The maximum Gasteiger partial charge on any atom is 0.261 e. The molecule has 0 aliphatic carbocycles. The molecule has 0 radical (unpaired) electrons. The van der Waals surface area contributed by atoms with E-state index in [4.69, 9.17) is 0 Å². The van der Waals surface area contributed by atoms with Gasteiger partial charge in [0.25, 0.3) is 6.43 Å². The average Bonchev–Trinajstić information content (AvgIpc) is 2.65. The predicted octanol–water partition coefficient (Wildman–Crippen LogP) is 0.384. The Kier molecular flexibility index (Phi) is 5.08. The third-order valence-electron chi connectivity index (χ3n) is 2.69. The second-order valence-electron chi connectivity index (χ2n) is 4.21. The van der Waals surface area contributed by atoms with E-state index < -0.39 is 13.0 Å². The molecule has 1 aliphatic rings. The monoisotopic (exact) mass is 236 g/mol. The van der Waals surface area contributed by atoms with Crippen molar-refractivity contribution in [3.8, 4) is 0 Å². The van der Waals surface area contributed by atoms with Gasteiger partial charge in [-0.05, 0) is 19.9 Å². The van der Waals surface area contributed by atoms with Gasteiger partial charge in [0, 0.05) is 13.1 Å². The van der Waals surface area contributed by atoms with Crippen molar-refractivity contribution < 1.29 is 18.3 Å². The molecule has 0 aromatic heterocycles. The third-order valence-corrected chi connectivity index (χ3v) is 2.69. The van der Waals surface area contributed by atoms with E-state index >= 15 is 0 Å². The second-order valence-corrected chi connectivity index (χ2v) is 4.21. The van der Waals surface area contributed by atoms with E-state index in [0.717, 1.165) is 13.0 Å². The molecule has 1 unspecified atom stereocenters. The molecule has 1 fully saturated rings. The van der Waals surface area contributed by atoms with Crippen LogP contribution in [0.1, 0.15) is 13.3 Å². The van der Waals surface area contributed by atoms with E-state index in [2.05, 4.69) is 15.4 Å². The predicted molar refractivity (Wildman–Crippen MR) is 55.4 cm³/mol. The van der Waals surface area contributed by atoms with Crippen molar-refractivity contribution in [1.29, 1.82) is 0 Å². The Morgan fingerprint density at radius 2 is 2.38 bits per heavy atom. The topological polar surface area (TPSA) is 50.4 Å². The number of carbonyl (C=O) groups is 1. The zero-order valence-electron chi connectivity index (χ0n) is 9.39. The Hall–Kier alpha value is -0.750. The first-order valence-electron chi connectivity index (χ1n) is 5.39. The molecule has 94 valence electrons. The van der Waals surface area contributed by atoms with Gasteiger partial charge in [-0.25, -0.2) is 8.78 Å². The number of amides is 1. The molecule has 0 aromatic rings. The minimum atomic E-state index is -2.45. The van der Waals surface area contributed by atoms with Gasteiger partial charge in [0.15, 0.2) is 0 Å². The Morgan fingerprint density at radius 3 is 2.94 bits per heavy atom. The first-order valence-corrected chi connectivity index (χ1v) is 5.39. The maximum absolute atomic E-state index is 11.7. The molecule has 1 aliphatic heterocycles. The van der Waals surface area contributed by atoms with Crippen LogP contribution in [-0.2, 0) is 9.53 Å². The quantitative estimate of drug-likeness (QED) is 0.656. The molecule has 0 bridgehead atoms. The molecular weight excluding hydrogens is 218 g/mol. The van der Waals surface area contributed by atoms with Crippen LogP contribution in [0, 0.1) is 5.41 Å². The number of halogens is 2. The lowest BCUT2D eigenvalue weighted by atomic mass is 9.89. The molecule has 6 heteroatoms. The lowest BCUT2D eigenvalue weighted by molar-refractivity contribution is -0.129. The van der Waals surface area contributed by atoms with Gasteiger partial charge in [0.2, 0.25) is 5.91 Å². The molecule has 2 N–H and O–H groups in total. The summed E-state index contributed by atoms with van der Waals surface area (Å²) < 4.78 is 28.1. The van der Waals surface area contributed by atoms with E-state index in [1.54, 1.807) is 0 Å². The number of rotatable bonds is 6. The fourth-order valence-electron chi connectivity index (χ4n) is 1.63. The van der Waals surface area contributed by atoms with E-state index in [1.807, 2.05) is 6.92 Å². The lowest BCUT2D eigenvalue weighted by Crippen LogP contribution is -2.41. The van der Waals surface area contributed by atoms with E-state index in [1.165, 1.54) is 0 Å². The summed E-state index contributed by atoms with van der Waals surface area (Å²) in [6, 6.07) is 0.